The molecule has 3 aromatic heterocycles. The van der Waals surface area contributed by atoms with Crippen molar-refractivity contribution < 1.29 is 4.79 Å². The maximum Gasteiger partial charge on any atom is 0.250 e. The molecule has 0 saturated carbocycles. The summed E-state index contributed by atoms with van der Waals surface area (Å²) in [6.07, 6.45) is 6.87. The van der Waals surface area contributed by atoms with E-state index in [-0.39, 0.29) is 11.7 Å². The third-order valence-electron chi connectivity index (χ3n) is 6.19. The number of rotatable bonds is 9. The molecule has 1 N–H and O–H groups in total. The van der Waals surface area contributed by atoms with E-state index in [0.717, 1.165) is 28.1 Å². The summed E-state index contributed by atoms with van der Waals surface area (Å²) in [6, 6.07) is 30.7. The first kappa shape index (κ1) is 27.1. The highest BCUT2D eigenvalue weighted by molar-refractivity contribution is 7.99. The second-order valence-electron chi connectivity index (χ2n) is 9.01. The van der Waals surface area contributed by atoms with Gasteiger partial charge in [0, 0.05) is 46.0 Å². The molecule has 6 aromatic rings. The smallest absolute Gasteiger partial charge is 0.250 e. The first-order valence-electron chi connectivity index (χ1n) is 12.9. The van der Waals surface area contributed by atoms with Crippen LogP contribution in [0, 0.1) is 0 Å². The standard InChI is InChI=1S/C31H23ClN8OS/c32-25-13-11-22(12-14-25)29-24(20-39(38-29)26-7-3-1-4-8-26)19-34-35-28(41)21-42-31-37-36-30(23-15-17-33-18-16-23)40(31)27-9-5-2-6-10-27/h1-20H,21H2,(H,35,41)/b34-19-. The average molecular weight is 591 g/mol. The Hall–Kier alpha value is -5.06. The summed E-state index contributed by atoms with van der Waals surface area (Å²) in [5.74, 6) is 0.467. The molecule has 11 heteroatoms. The molecule has 0 spiro atoms. The van der Waals surface area contributed by atoms with Gasteiger partial charge >= 0.3 is 0 Å². The molecule has 206 valence electrons. The topological polar surface area (TPSA) is 103 Å². The Balaban J connectivity index is 1.19. The number of carbonyl (C=O) groups is 1. The Morgan fingerprint density at radius 3 is 2.26 bits per heavy atom. The van der Waals surface area contributed by atoms with Crippen molar-refractivity contribution in [2.24, 2.45) is 5.10 Å². The maximum absolute atomic E-state index is 12.8. The van der Waals surface area contributed by atoms with E-state index in [0.29, 0.717) is 21.7 Å². The molecule has 0 fully saturated rings. The zero-order chi connectivity index (χ0) is 28.7. The van der Waals surface area contributed by atoms with Gasteiger partial charge in [0.25, 0.3) is 5.91 Å². The Bertz CT molecular complexity index is 1820. The van der Waals surface area contributed by atoms with E-state index < -0.39 is 0 Å². The number of nitrogens with zero attached hydrogens (tertiary/aromatic N) is 7. The van der Waals surface area contributed by atoms with Gasteiger partial charge in [0.15, 0.2) is 11.0 Å². The lowest BCUT2D eigenvalue weighted by molar-refractivity contribution is -0.118. The second-order valence-corrected chi connectivity index (χ2v) is 10.4. The van der Waals surface area contributed by atoms with E-state index in [1.54, 1.807) is 23.3 Å². The van der Waals surface area contributed by atoms with Crippen LogP contribution in [0.3, 0.4) is 0 Å². The van der Waals surface area contributed by atoms with Crippen molar-refractivity contribution in [2.75, 3.05) is 5.75 Å². The molecule has 0 radical (unpaired) electrons. The summed E-state index contributed by atoms with van der Waals surface area (Å²) >= 11 is 7.37. The number of hydrogen-bond acceptors (Lipinski definition) is 7. The largest absolute Gasteiger partial charge is 0.272 e. The predicted molar refractivity (Wildman–Crippen MR) is 165 cm³/mol. The number of thioether (sulfide) groups is 1. The van der Waals surface area contributed by atoms with E-state index >= 15 is 0 Å². The van der Waals surface area contributed by atoms with Crippen molar-refractivity contribution in [3.63, 3.8) is 0 Å². The van der Waals surface area contributed by atoms with Crippen LogP contribution in [0.25, 0.3) is 34.0 Å². The van der Waals surface area contributed by atoms with Crippen LogP contribution in [-0.4, -0.2) is 47.4 Å². The minimum atomic E-state index is -0.284. The monoisotopic (exact) mass is 590 g/mol. The van der Waals surface area contributed by atoms with Gasteiger partial charge < -0.3 is 0 Å². The first-order valence-corrected chi connectivity index (χ1v) is 14.3. The number of amides is 1. The average Bonchev–Trinajstić information content (AvgIpc) is 3.67. The maximum atomic E-state index is 12.8. The van der Waals surface area contributed by atoms with Gasteiger partial charge in [0.1, 0.15) is 5.69 Å². The lowest BCUT2D eigenvalue weighted by atomic mass is 10.1. The number of hydrogen-bond donors (Lipinski definition) is 1. The van der Waals surface area contributed by atoms with E-state index in [1.807, 2.05) is 108 Å². The summed E-state index contributed by atoms with van der Waals surface area (Å²) in [6.45, 7) is 0. The normalized spacial score (nSPS) is 11.2. The van der Waals surface area contributed by atoms with Crippen LogP contribution < -0.4 is 5.43 Å². The Morgan fingerprint density at radius 1 is 0.857 bits per heavy atom. The molecular formula is C31H23ClN8OS. The number of pyridine rings is 1. The molecule has 1 amide bonds. The van der Waals surface area contributed by atoms with Crippen molar-refractivity contribution in [3.8, 4) is 34.0 Å². The molecule has 0 aliphatic carbocycles. The Labute approximate surface area is 250 Å². The molecule has 0 unspecified atom stereocenters. The fraction of sp³-hybridized carbons (Fsp3) is 0.0323. The van der Waals surface area contributed by atoms with Crippen molar-refractivity contribution in [2.45, 2.75) is 5.16 Å². The fourth-order valence-electron chi connectivity index (χ4n) is 4.22. The van der Waals surface area contributed by atoms with E-state index in [9.17, 15) is 4.79 Å². The van der Waals surface area contributed by atoms with Gasteiger partial charge in [-0.25, -0.2) is 10.1 Å². The molecule has 0 aliphatic heterocycles. The molecule has 0 bridgehead atoms. The van der Waals surface area contributed by atoms with Crippen LogP contribution in [-0.2, 0) is 4.79 Å². The van der Waals surface area contributed by atoms with Crippen LogP contribution >= 0.6 is 23.4 Å². The van der Waals surface area contributed by atoms with Crippen molar-refractivity contribution in [1.29, 1.82) is 0 Å². The van der Waals surface area contributed by atoms with Crippen molar-refractivity contribution in [1.82, 2.24) is 35.0 Å². The van der Waals surface area contributed by atoms with Gasteiger partial charge in [-0.1, -0.05) is 71.9 Å². The zero-order valence-electron chi connectivity index (χ0n) is 22.1. The SMILES string of the molecule is O=C(CSc1nnc(-c2ccncc2)n1-c1ccccc1)N/N=C\c1cn(-c2ccccc2)nc1-c1ccc(Cl)cc1. The highest BCUT2D eigenvalue weighted by atomic mass is 35.5. The minimum Gasteiger partial charge on any atom is -0.272 e. The minimum absolute atomic E-state index is 0.0893. The summed E-state index contributed by atoms with van der Waals surface area (Å²) in [5, 5.41) is 19.0. The first-order chi connectivity index (χ1) is 20.7. The lowest BCUT2D eigenvalue weighted by Gasteiger charge is -2.10. The predicted octanol–water partition coefficient (Wildman–Crippen LogP) is 6.08. The molecule has 0 saturated heterocycles. The highest BCUT2D eigenvalue weighted by Crippen LogP contribution is 2.28. The van der Waals surface area contributed by atoms with Gasteiger partial charge in [-0.15, -0.1) is 10.2 Å². The van der Waals surface area contributed by atoms with E-state index in [4.69, 9.17) is 16.7 Å². The van der Waals surface area contributed by atoms with Gasteiger partial charge in [0.05, 0.1) is 17.7 Å². The number of carbonyl (C=O) groups excluding carboxylic acids is 1. The summed E-state index contributed by atoms with van der Waals surface area (Å²) in [7, 11) is 0. The van der Waals surface area contributed by atoms with Crippen LogP contribution in [0.4, 0.5) is 0 Å². The summed E-state index contributed by atoms with van der Waals surface area (Å²) < 4.78 is 3.70. The second kappa shape index (κ2) is 12.6. The van der Waals surface area contributed by atoms with Crippen LogP contribution in [0.1, 0.15) is 5.56 Å². The van der Waals surface area contributed by atoms with E-state index in [2.05, 4.69) is 25.7 Å². The number of para-hydroxylation sites is 2. The van der Waals surface area contributed by atoms with Crippen LogP contribution in [0.5, 0.6) is 0 Å². The summed E-state index contributed by atoms with van der Waals surface area (Å²) in [5.41, 5.74) is 7.61. The van der Waals surface area contributed by atoms with Crippen LogP contribution in [0.2, 0.25) is 5.02 Å². The molecule has 3 heterocycles. The van der Waals surface area contributed by atoms with Gasteiger partial charge in [-0.05, 0) is 48.5 Å². The third-order valence-corrected chi connectivity index (χ3v) is 7.37. The molecule has 6 rings (SSSR count). The highest BCUT2D eigenvalue weighted by Gasteiger charge is 2.17. The van der Waals surface area contributed by atoms with E-state index in [1.165, 1.54) is 11.8 Å². The summed E-state index contributed by atoms with van der Waals surface area (Å²) in [4.78, 5) is 16.9. The molecular weight excluding hydrogens is 568 g/mol. The number of nitrogens with one attached hydrogen (secondary N) is 1. The van der Waals surface area contributed by atoms with Gasteiger partial charge in [-0.2, -0.15) is 10.2 Å². The fourth-order valence-corrected chi connectivity index (χ4v) is 5.09. The van der Waals surface area contributed by atoms with Crippen molar-refractivity contribution >= 4 is 35.5 Å². The number of benzene rings is 3. The number of aromatic nitrogens is 6. The molecule has 0 atom stereocenters. The molecule has 9 nitrogen and oxygen atoms in total. The Kier molecular flexibility index (Phi) is 8.16. The van der Waals surface area contributed by atoms with Gasteiger partial charge in [-0.3, -0.25) is 14.3 Å². The quantitative estimate of drug-likeness (QED) is 0.124. The third kappa shape index (κ3) is 6.14. The molecule has 3 aromatic carbocycles. The number of hydrazone groups is 1. The van der Waals surface area contributed by atoms with Gasteiger partial charge in [0.2, 0.25) is 0 Å². The Morgan fingerprint density at radius 2 is 1.55 bits per heavy atom. The molecule has 42 heavy (non-hydrogen) atoms. The number of halogens is 1. The lowest BCUT2D eigenvalue weighted by Crippen LogP contribution is -2.20. The van der Waals surface area contributed by atoms with Crippen molar-refractivity contribution in [3.05, 3.63) is 126 Å². The van der Waals surface area contributed by atoms with Crippen LogP contribution in [0.15, 0.2) is 126 Å². The zero-order valence-corrected chi connectivity index (χ0v) is 23.7. The molecule has 0 aliphatic rings.